The molecule has 7 heteroatoms. The normalized spacial score (nSPS) is 12.7. The number of nitrogens with zero attached hydrogens (tertiary/aromatic N) is 4. The van der Waals surface area contributed by atoms with Crippen LogP contribution in [0.25, 0.3) is 49.7 Å². The molecule has 0 saturated carbocycles. The third-order valence-electron chi connectivity index (χ3n) is 5.32. The Balaban J connectivity index is 1.64. The van der Waals surface area contributed by atoms with Gasteiger partial charge in [0.2, 0.25) is 0 Å². The Morgan fingerprint density at radius 2 is 1.88 bits per heavy atom. The second-order valence-corrected chi connectivity index (χ2v) is 8.84. The summed E-state index contributed by atoms with van der Waals surface area (Å²) >= 11 is 1.71. The molecule has 5 aromatic heterocycles. The molecule has 0 fully saturated rings. The maximum absolute atomic E-state index is 4.91. The van der Waals surface area contributed by atoms with Gasteiger partial charge in [-0.2, -0.15) is 5.10 Å². The van der Waals surface area contributed by atoms with E-state index >= 15 is 0 Å². The maximum Gasteiger partial charge on any atom is 0.161 e. The van der Waals surface area contributed by atoms with Crippen LogP contribution in [0.4, 0.5) is 0 Å². The molecule has 0 amide bonds. The molecule has 6 nitrogen and oxygen atoms in total. The zero-order valence-electron chi connectivity index (χ0n) is 18.1. The van der Waals surface area contributed by atoms with E-state index in [0.29, 0.717) is 11.5 Å². The molecule has 5 heterocycles. The molecule has 158 valence electrons. The molecular formula is C25H22N6S. The highest BCUT2D eigenvalue weighted by molar-refractivity contribution is 7.15. The zero-order valence-corrected chi connectivity index (χ0v) is 18.9. The van der Waals surface area contributed by atoms with Gasteiger partial charge >= 0.3 is 0 Å². The third-order valence-corrected chi connectivity index (χ3v) is 6.33. The molecule has 0 spiro atoms. The molecule has 2 N–H and O–H groups in total. The minimum Gasteiger partial charge on any atom is -0.336 e. The van der Waals surface area contributed by atoms with Crippen molar-refractivity contribution in [1.82, 2.24) is 30.1 Å². The summed E-state index contributed by atoms with van der Waals surface area (Å²) in [4.78, 5) is 20.1. The minimum absolute atomic E-state index is 0.665. The molecule has 0 unspecified atom stereocenters. The minimum atomic E-state index is 0.665. The smallest absolute Gasteiger partial charge is 0.161 e. The van der Waals surface area contributed by atoms with Crippen molar-refractivity contribution in [3.05, 3.63) is 77.5 Å². The van der Waals surface area contributed by atoms with Crippen molar-refractivity contribution in [2.75, 3.05) is 0 Å². The van der Waals surface area contributed by atoms with Crippen molar-refractivity contribution in [2.45, 2.75) is 20.8 Å². The zero-order chi connectivity index (χ0) is 22.2. The molecule has 0 radical (unpaired) electrons. The highest BCUT2D eigenvalue weighted by atomic mass is 32.1. The first-order valence-electron chi connectivity index (χ1n) is 10.3. The predicted octanol–water partition coefficient (Wildman–Crippen LogP) is 6.47. The highest BCUT2D eigenvalue weighted by Gasteiger charge is 2.18. The van der Waals surface area contributed by atoms with Crippen LogP contribution in [0.15, 0.2) is 66.9 Å². The summed E-state index contributed by atoms with van der Waals surface area (Å²) < 4.78 is 0. The number of H-pyrrole nitrogens is 2. The average Bonchev–Trinajstić information content (AvgIpc) is 3.53. The summed E-state index contributed by atoms with van der Waals surface area (Å²) in [6.07, 6.45) is 7.76. The van der Waals surface area contributed by atoms with Gasteiger partial charge in [0.1, 0.15) is 16.7 Å². The Bertz CT molecular complexity index is 1530. The molecule has 32 heavy (non-hydrogen) atoms. The highest BCUT2D eigenvalue weighted by Crippen LogP contribution is 2.33. The largest absolute Gasteiger partial charge is 0.336 e. The van der Waals surface area contributed by atoms with E-state index in [0.717, 1.165) is 49.5 Å². The lowest BCUT2D eigenvalue weighted by Crippen LogP contribution is -1.90. The van der Waals surface area contributed by atoms with Crippen LogP contribution in [0.3, 0.4) is 0 Å². The Morgan fingerprint density at radius 3 is 2.62 bits per heavy atom. The Morgan fingerprint density at radius 1 is 1.03 bits per heavy atom. The summed E-state index contributed by atoms with van der Waals surface area (Å²) in [6, 6.07) is 10.1. The standard InChI is InChI=1S/C25H22N6S/c1-5-14(3)13-16(6-2)17-8-9-19-22(27-17)24(31-30-19)25-28-18-11-12-26-23(21(18)29-25)20-10-7-15(4)32-20/h5-13H,1H2,2-4H3,(H,28,29)(H,30,31)/b14-13-,16-6+. The Hall–Kier alpha value is -3.84. The number of allylic oxidation sites excluding steroid dienone is 5. The molecule has 0 bridgehead atoms. The molecule has 5 rings (SSSR count). The van der Waals surface area contributed by atoms with E-state index < -0.39 is 0 Å². The number of fused-ring (bicyclic) bond motifs is 2. The summed E-state index contributed by atoms with van der Waals surface area (Å²) in [5, 5.41) is 7.60. The summed E-state index contributed by atoms with van der Waals surface area (Å²) in [6.45, 7) is 9.96. The molecule has 0 aliphatic rings. The first-order valence-corrected chi connectivity index (χ1v) is 11.1. The Labute approximate surface area is 189 Å². The van der Waals surface area contributed by atoms with Crippen LogP contribution in [-0.2, 0) is 0 Å². The van der Waals surface area contributed by atoms with Crippen molar-refractivity contribution in [3.63, 3.8) is 0 Å². The van der Waals surface area contributed by atoms with Crippen LogP contribution in [0.1, 0.15) is 24.4 Å². The number of aromatic nitrogens is 6. The first-order chi connectivity index (χ1) is 15.6. The molecular weight excluding hydrogens is 416 g/mol. The topological polar surface area (TPSA) is 83.1 Å². The number of pyridine rings is 2. The number of thiophene rings is 1. The number of aryl methyl sites for hydroxylation is 1. The number of aromatic amines is 2. The van der Waals surface area contributed by atoms with Crippen molar-refractivity contribution >= 4 is 39.0 Å². The van der Waals surface area contributed by atoms with Gasteiger partial charge in [0.25, 0.3) is 0 Å². The van der Waals surface area contributed by atoms with E-state index in [9.17, 15) is 0 Å². The van der Waals surface area contributed by atoms with Gasteiger partial charge in [-0.25, -0.2) is 9.97 Å². The van der Waals surface area contributed by atoms with Crippen LogP contribution in [0.2, 0.25) is 0 Å². The van der Waals surface area contributed by atoms with Crippen molar-refractivity contribution in [1.29, 1.82) is 0 Å². The van der Waals surface area contributed by atoms with Gasteiger partial charge in [-0.3, -0.25) is 10.1 Å². The first kappa shape index (κ1) is 20.1. The van der Waals surface area contributed by atoms with Crippen LogP contribution in [0.5, 0.6) is 0 Å². The molecule has 0 atom stereocenters. The number of nitrogens with one attached hydrogen (secondary N) is 2. The van der Waals surface area contributed by atoms with Crippen molar-refractivity contribution in [2.24, 2.45) is 0 Å². The third kappa shape index (κ3) is 3.46. The summed E-state index contributed by atoms with van der Waals surface area (Å²) in [5.74, 6) is 0.665. The van der Waals surface area contributed by atoms with Gasteiger partial charge in [0, 0.05) is 11.1 Å². The fourth-order valence-corrected chi connectivity index (χ4v) is 4.49. The van der Waals surface area contributed by atoms with Gasteiger partial charge in [0.05, 0.1) is 21.6 Å². The predicted molar refractivity (Wildman–Crippen MR) is 132 cm³/mol. The SMILES string of the molecule is C=C/C(C)=C\C(=C/C)c1ccc2[nH]nc(-c3nc4c(-c5ccc(C)s5)nccc4[nH]3)c2n1. The number of hydrogen-bond donors (Lipinski definition) is 2. The molecule has 0 saturated heterocycles. The van der Waals surface area contributed by atoms with Crippen molar-refractivity contribution in [3.8, 4) is 22.1 Å². The quantitative estimate of drug-likeness (QED) is 0.308. The van der Waals surface area contributed by atoms with Gasteiger partial charge in [0.15, 0.2) is 11.5 Å². The monoisotopic (exact) mass is 438 g/mol. The van der Waals surface area contributed by atoms with E-state index in [-0.39, 0.29) is 0 Å². The molecule has 5 aromatic rings. The van der Waals surface area contributed by atoms with E-state index in [1.54, 1.807) is 17.5 Å². The lowest BCUT2D eigenvalue weighted by atomic mass is 10.1. The lowest BCUT2D eigenvalue weighted by molar-refractivity contribution is 1.10. The van der Waals surface area contributed by atoms with Crippen LogP contribution >= 0.6 is 11.3 Å². The van der Waals surface area contributed by atoms with Gasteiger partial charge in [-0.1, -0.05) is 30.4 Å². The van der Waals surface area contributed by atoms with Crippen molar-refractivity contribution < 1.29 is 0 Å². The van der Waals surface area contributed by atoms with Gasteiger partial charge in [-0.15, -0.1) is 11.3 Å². The molecule has 0 aliphatic heterocycles. The molecule has 0 aliphatic carbocycles. The second kappa shape index (κ2) is 8.01. The van der Waals surface area contributed by atoms with E-state index in [2.05, 4.69) is 51.9 Å². The average molecular weight is 439 g/mol. The van der Waals surface area contributed by atoms with E-state index in [1.807, 2.05) is 44.2 Å². The fraction of sp³-hybridized carbons (Fsp3) is 0.120. The number of rotatable bonds is 5. The van der Waals surface area contributed by atoms with Gasteiger partial charge in [-0.05, 0) is 56.7 Å². The lowest BCUT2D eigenvalue weighted by Gasteiger charge is -2.03. The maximum atomic E-state index is 4.91. The van der Waals surface area contributed by atoms with E-state index in [1.165, 1.54) is 4.88 Å². The fourth-order valence-electron chi connectivity index (χ4n) is 3.62. The Kier molecular flexibility index (Phi) is 5.03. The van der Waals surface area contributed by atoms with Gasteiger partial charge < -0.3 is 4.98 Å². The van der Waals surface area contributed by atoms with Crippen LogP contribution in [0, 0.1) is 6.92 Å². The summed E-state index contributed by atoms with van der Waals surface area (Å²) in [7, 11) is 0. The second-order valence-electron chi connectivity index (χ2n) is 7.55. The van der Waals surface area contributed by atoms with E-state index in [4.69, 9.17) is 9.97 Å². The number of hydrogen-bond acceptors (Lipinski definition) is 5. The van der Waals surface area contributed by atoms with Crippen LogP contribution in [-0.4, -0.2) is 30.1 Å². The molecule has 0 aromatic carbocycles. The number of imidazole rings is 1. The summed E-state index contributed by atoms with van der Waals surface area (Å²) in [5.41, 5.74) is 7.91. The van der Waals surface area contributed by atoms with Crippen LogP contribution < -0.4 is 0 Å².